The molecule has 2 nitrogen and oxygen atoms in total. The molecule has 1 aliphatic rings. The maximum absolute atomic E-state index is 9.72. The molecule has 1 aliphatic carbocycles. The van der Waals surface area contributed by atoms with Gasteiger partial charge in [-0.2, -0.15) is 0 Å². The van der Waals surface area contributed by atoms with Crippen LogP contribution in [0.2, 0.25) is 0 Å². The van der Waals surface area contributed by atoms with Gasteiger partial charge in [-0.1, -0.05) is 47.0 Å². The Kier molecular flexibility index (Phi) is 6.65. The van der Waals surface area contributed by atoms with Gasteiger partial charge < -0.3 is 5.11 Å². The molecule has 0 radical (unpaired) electrons. The van der Waals surface area contributed by atoms with E-state index in [1.54, 1.807) is 0 Å². The minimum Gasteiger partial charge on any atom is -0.396 e. The molecule has 0 heterocycles. The highest BCUT2D eigenvalue weighted by Crippen LogP contribution is 2.30. The van der Waals surface area contributed by atoms with Crippen molar-refractivity contribution in [2.45, 2.75) is 72.3 Å². The number of aliphatic hydroxyl groups is 1. The molecule has 0 bridgehead atoms. The normalized spacial score (nSPS) is 20.8. The lowest BCUT2D eigenvalue weighted by Crippen LogP contribution is -2.44. The predicted molar refractivity (Wildman–Crippen MR) is 78.8 cm³/mol. The van der Waals surface area contributed by atoms with Crippen molar-refractivity contribution in [2.75, 3.05) is 19.7 Å². The van der Waals surface area contributed by atoms with Crippen molar-refractivity contribution < 1.29 is 5.11 Å². The number of rotatable bonds is 8. The molecule has 1 unspecified atom stereocenters. The first-order valence-corrected chi connectivity index (χ1v) is 7.85. The molecule has 0 saturated heterocycles. The van der Waals surface area contributed by atoms with Gasteiger partial charge in [-0.3, -0.25) is 4.90 Å². The Balaban J connectivity index is 2.63. The maximum atomic E-state index is 9.72. The molecule has 0 spiro atoms. The van der Waals surface area contributed by atoms with Gasteiger partial charge in [0.15, 0.2) is 0 Å². The van der Waals surface area contributed by atoms with Crippen LogP contribution in [0, 0.1) is 11.3 Å². The lowest BCUT2D eigenvalue weighted by molar-refractivity contribution is 0.0535. The molecule has 1 N–H and O–H groups in total. The van der Waals surface area contributed by atoms with E-state index >= 15 is 0 Å². The topological polar surface area (TPSA) is 23.5 Å². The first-order chi connectivity index (χ1) is 8.50. The fourth-order valence-corrected chi connectivity index (χ4v) is 3.38. The summed E-state index contributed by atoms with van der Waals surface area (Å²) >= 11 is 0. The van der Waals surface area contributed by atoms with Gasteiger partial charge in [0.2, 0.25) is 0 Å². The minimum absolute atomic E-state index is 0.0895. The highest BCUT2D eigenvalue weighted by atomic mass is 16.3. The van der Waals surface area contributed by atoms with Crippen LogP contribution in [0.5, 0.6) is 0 Å². The molecule has 1 rings (SSSR count). The SMILES string of the molecule is CCCC(C)(CO)CN(CC(C)C)C1CCCC1. The first kappa shape index (κ1) is 16.0. The van der Waals surface area contributed by atoms with Crippen molar-refractivity contribution in [1.82, 2.24) is 4.90 Å². The van der Waals surface area contributed by atoms with E-state index in [0.29, 0.717) is 6.61 Å². The van der Waals surface area contributed by atoms with Crippen LogP contribution in [0.15, 0.2) is 0 Å². The molecular weight excluding hydrogens is 222 g/mol. The monoisotopic (exact) mass is 255 g/mol. The number of hydrogen-bond donors (Lipinski definition) is 1. The Bertz CT molecular complexity index is 223. The number of aliphatic hydroxyl groups excluding tert-OH is 1. The smallest absolute Gasteiger partial charge is 0.0497 e. The Labute approximate surface area is 114 Å². The van der Waals surface area contributed by atoms with E-state index < -0.39 is 0 Å². The Hall–Kier alpha value is -0.0800. The number of hydrogen-bond acceptors (Lipinski definition) is 2. The maximum Gasteiger partial charge on any atom is 0.0497 e. The van der Waals surface area contributed by atoms with Gasteiger partial charge in [-0.25, -0.2) is 0 Å². The van der Waals surface area contributed by atoms with E-state index in [0.717, 1.165) is 31.3 Å². The molecule has 0 aromatic carbocycles. The van der Waals surface area contributed by atoms with Crippen LogP contribution < -0.4 is 0 Å². The molecular formula is C16H33NO. The second-order valence-corrected chi connectivity index (χ2v) is 6.98. The van der Waals surface area contributed by atoms with Gasteiger partial charge in [-0.15, -0.1) is 0 Å². The van der Waals surface area contributed by atoms with Crippen molar-refractivity contribution in [3.05, 3.63) is 0 Å². The van der Waals surface area contributed by atoms with Crippen LogP contribution in [-0.4, -0.2) is 35.7 Å². The lowest BCUT2D eigenvalue weighted by atomic mass is 9.85. The highest BCUT2D eigenvalue weighted by Gasteiger charge is 2.30. The summed E-state index contributed by atoms with van der Waals surface area (Å²) in [4.78, 5) is 2.67. The largest absolute Gasteiger partial charge is 0.396 e. The summed E-state index contributed by atoms with van der Waals surface area (Å²) in [5, 5.41) is 9.72. The van der Waals surface area contributed by atoms with E-state index in [-0.39, 0.29) is 5.41 Å². The van der Waals surface area contributed by atoms with Gasteiger partial charge >= 0.3 is 0 Å². The van der Waals surface area contributed by atoms with Crippen molar-refractivity contribution in [3.63, 3.8) is 0 Å². The van der Waals surface area contributed by atoms with Gasteiger partial charge in [0, 0.05) is 31.2 Å². The van der Waals surface area contributed by atoms with Crippen molar-refractivity contribution in [1.29, 1.82) is 0 Å². The quantitative estimate of drug-likeness (QED) is 0.715. The molecule has 0 aromatic heterocycles. The average Bonchev–Trinajstić information content (AvgIpc) is 2.81. The third-order valence-corrected chi connectivity index (χ3v) is 4.26. The number of nitrogens with zero attached hydrogens (tertiary/aromatic N) is 1. The highest BCUT2D eigenvalue weighted by molar-refractivity contribution is 4.84. The second kappa shape index (κ2) is 7.49. The summed E-state index contributed by atoms with van der Waals surface area (Å²) in [5.41, 5.74) is 0.0895. The standard InChI is InChI=1S/C16H33NO/c1-5-10-16(4,13-18)12-17(11-14(2)3)15-8-6-7-9-15/h14-15,18H,5-13H2,1-4H3. The molecule has 0 aliphatic heterocycles. The third-order valence-electron chi connectivity index (χ3n) is 4.26. The van der Waals surface area contributed by atoms with E-state index in [4.69, 9.17) is 0 Å². The Morgan fingerprint density at radius 2 is 1.89 bits per heavy atom. The van der Waals surface area contributed by atoms with Gasteiger partial charge in [0.25, 0.3) is 0 Å². The fraction of sp³-hybridized carbons (Fsp3) is 1.00. The van der Waals surface area contributed by atoms with Crippen molar-refractivity contribution in [3.8, 4) is 0 Å². The van der Waals surface area contributed by atoms with Crippen LogP contribution in [0.3, 0.4) is 0 Å². The van der Waals surface area contributed by atoms with Gasteiger partial charge in [-0.05, 0) is 25.2 Å². The van der Waals surface area contributed by atoms with Crippen LogP contribution in [0.25, 0.3) is 0 Å². The van der Waals surface area contributed by atoms with E-state index in [1.165, 1.54) is 32.2 Å². The van der Waals surface area contributed by atoms with E-state index in [1.807, 2.05) is 0 Å². The molecule has 1 saturated carbocycles. The molecule has 0 amide bonds. The zero-order valence-electron chi connectivity index (χ0n) is 12.9. The molecule has 2 heteroatoms. The minimum atomic E-state index is 0.0895. The second-order valence-electron chi connectivity index (χ2n) is 6.98. The van der Waals surface area contributed by atoms with Crippen molar-refractivity contribution >= 4 is 0 Å². The van der Waals surface area contributed by atoms with Crippen LogP contribution in [-0.2, 0) is 0 Å². The van der Waals surface area contributed by atoms with Gasteiger partial charge in [0.1, 0.15) is 0 Å². The molecule has 1 atom stereocenters. The van der Waals surface area contributed by atoms with E-state index in [2.05, 4.69) is 32.6 Å². The summed E-state index contributed by atoms with van der Waals surface area (Å²) in [6, 6.07) is 0.773. The van der Waals surface area contributed by atoms with Gasteiger partial charge in [0.05, 0.1) is 0 Å². The van der Waals surface area contributed by atoms with Crippen LogP contribution >= 0.6 is 0 Å². The average molecular weight is 255 g/mol. The molecule has 108 valence electrons. The molecule has 1 fully saturated rings. The molecule has 18 heavy (non-hydrogen) atoms. The zero-order chi connectivity index (χ0) is 13.6. The summed E-state index contributed by atoms with van der Waals surface area (Å²) < 4.78 is 0. The third kappa shape index (κ3) is 4.89. The lowest BCUT2D eigenvalue weighted by Gasteiger charge is -2.38. The van der Waals surface area contributed by atoms with Crippen LogP contribution in [0.1, 0.15) is 66.2 Å². The summed E-state index contributed by atoms with van der Waals surface area (Å²) in [7, 11) is 0. The fourth-order valence-electron chi connectivity index (χ4n) is 3.38. The first-order valence-electron chi connectivity index (χ1n) is 7.85. The summed E-state index contributed by atoms with van der Waals surface area (Å²) in [6.45, 7) is 11.7. The summed E-state index contributed by atoms with van der Waals surface area (Å²) in [5.74, 6) is 0.718. The summed E-state index contributed by atoms with van der Waals surface area (Å²) in [6.07, 6.45) is 7.80. The molecule has 0 aromatic rings. The van der Waals surface area contributed by atoms with Crippen molar-refractivity contribution in [2.24, 2.45) is 11.3 Å². The zero-order valence-corrected chi connectivity index (χ0v) is 12.9. The Morgan fingerprint density at radius 1 is 1.28 bits per heavy atom. The van der Waals surface area contributed by atoms with E-state index in [9.17, 15) is 5.11 Å². The Morgan fingerprint density at radius 3 is 2.33 bits per heavy atom. The van der Waals surface area contributed by atoms with Crippen LogP contribution in [0.4, 0.5) is 0 Å². The predicted octanol–water partition coefficient (Wildman–Crippen LogP) is 3.69.